The fourth-order valence-electron chi connectivity index (χ4n) is 2.94. The molecule has 3 aromatic rings. The van der Waals surface area contributed by atoms with Crippen molar-refractivity contribution in [1.82, 2.24) is 25.4 Å². The van der Waals surface area contributed by atoms with Gasteiger partial charge in [0.2, 0.25) is 0 Å². The maximum absolute atomic E-state index is 4.48. The summed E-state index contributed by atoms with van der Waals surface area (Å²) in [4.78, 5) is 10.2. The molecule has 2 heterocycles. The Balaban J connectivity index is 0.00000280. The Morgan fingerprint density at radius 3 is 2.75 bits per heavy atom. The summed E-state index contributed by atoms with van der Waals surface area (Å²) in [5, 5.41) is 12.3. The van der Waals surface area contributed by atoms with Gasteiger partial charge in [0.15, 0.2) is 5.96 Å². The van der Waals surface area contributed by atoms with Crippen LogP contribution < -0.4 is 10.6 Å². The Kier molecular flexibility index (Phi) is 8.43. The molecule has 2 N–H and O–H groups in total. The van der Waals surface area contributed by atoms with E-state index in [2.05, 4.69) is 63.8 Å². The minimum absolute atomic E-state index is 0. The molecule has 8 heteroatoms. The lowest BCUT2D eigenvalue weighted by Gasteiger charge is -2.19. The summed E-state index contributed by atoms with van der Waals surface area (Å²) in [6.45, 7) is 7.07. The lowest BCUT2D eigenvalue weighted by Crippen LogP contribution is -2.39. The Morgan fingerprint density at radius 2 is 2.11 bits per heavy atom. The summed E-state index contributed by atoms with van der Waals surface area (Å²) in [5.41, 5.74) is 3.36. The van der Waals surface area contributed by atoms with Crippen molar-refractivity contribution in [2.24, 2.45) is 4.99 Å². The second-order valence-corrected chi connectivity index (χ2v) is 7.69. The molecule has 1 unspecified atom stereocenters. The van der Waals surface area contributed by atoms with E-state index in [4.69, 9.17) is 0 Å². The molecule has 0 spiro atoms. The van der Waals surface area contributed by atoms with Gasteiger partial charge in [-0.2, -0.15) is 5.10 Å². The van der Waals surface area contributed by atoms with Crippen molar-refractivity contribution >= 4 is 41.3 Å². The van der Waals surface area contributed by atoms with Crippen molar-refractivity contribution in [3.63, 3.8) is 0 Å². The van der Waals surface area contributed by atoms with Crippen LogP contribution in [0.4, 0.5) is 0 Å². The first-order chi connectivity index (χ1) is 13.1. The van der Waals surface area contributed by atoms with Gasteiger partial charge >= 0.3 is 0 Å². The second kappa shape index (κ2) is 10.6. The SMILES string of the molecule is CN=C(NCCc1sc(C)nc1C)NC(C)c1cccc(-n2cccn2)c1.I. The maximum atomic E-state index is 4.48. The smallest absolute Gasteiger partial charge is 0.191 e. The zero-order valence-corrected chi connectivity index (χ0v) is 19.8. The van der Waals surface area contributed by atoms with E-state index >= 15 is 0 Å². The first kappa shape index (κ1) is 22.4. The van der Waals surface area contributed by atoms with Crippen molar-refractivity contribution in [3.05, 3.63) is 63.9 Å². The van der Waals surface area contributed by atoms with E-state index in [0.717, 1.165) is 35.3 Å². The minimum atomic E-state index is 0. The molecule has 0 saturated carbocycles. The molecule has 0 radical (unpaired) electrons. The molecule has 0 saturated heterocycles. The number of aliphatic imine (C=N–C) groups is 1. The maximum Gasteiger partial charge on any atom is 0.191 e. The number of hydrogen-bond acceptors (Lipinski definition) is 4. The highest BCUT2D eigenvalue weighted by atomic mass is 127. The Morgan fingerprint density at radius 1 is 1.29 bits per heavy atom. The predicted octanol–water partition coefficient (Wildman–Crippen LogP) is 4.03. The van der Waals surface area contributed by atoms with E-state index < -0.39 is 0 Å². The molecule has 2 aromatic heterocycles. The molecule has 0 aliphatic heterocycles. The quantitative estimate of drug-likeness (QED) is 0.299. The van der Waals surface area contributed by atoms with Gasteiger partial charge in [0, 0.05) is 37.3 Å². The van der Waals surface area contributed by atoms with Crippen molar-refractivity contribution in [2.45, 2.75) is 33.2 Å². The normalized spacial score (nSPS) is 12.4. The molecular weight excluding hydrogens is 483 g/mol. The van der Waals surface area contributed by atoms with Gasteiger partial charge in [0.1, 0.15) is 0 Å². The molecule has 1 aromatic carbocycles. The molecule has 0 aliphatic rings. The highest BCUT2D eigenvalue weighted by Gasteiger charge is 2.10. The highest BCUT2D eigenvalue weighted by Crippen LogP contribution is 2.18. The molecule has 0 aliphatic carbocycles. The minimum Gasteiger partial charge on any atom is -0.356 e. The number of nitrogens with zero attached hydrogens (tertiary/aromatic N) is 4. The van der Waals surface area contributed by atoms with Crippen LogP contribution in [0.1, 0.15) is 34.1 Å². The van der Waals surface area contributed by atoms with Crippen LogP contribution in [0.3, 0.4) is 0 Å². The van der Waals surface area contributed by atoms with E-state index in [1.54, 1.807) is 24.6 Å². The van der Waals surface area contributed by atoms with Crippen LogP contribution in [0.15, 0.2) is 47.7 Å². The first-order valence-corrected chi connectivity index (χ1v) is 9.88. The van der Waals surface area contributed by atoms with Crippen molar-refractivity contribution in [2.75, 3.05) is 13.6 Å². The molecule has 0 amide bonds. The van der Waals surface area contributed by atoms with E-state index in [1.165, 1.54) is 10.4 Å². The number of guanidine groups is 1. The van der Waals surface area contributed by atoms with Gasteiger partial charge in [-0.15, -0.1) is 35.3 Å². The lowest BCUT2D eigenvalue weighted by molar-refractivity contribution is 0.683. The molecule has 1 atom stereocenters. The number of benzene rings is 1. The van der Waals surface area contributed by atoms with Crippen LogP contribution in [0.25, 0.3) is 5.69 Å². The average Bonchev–Trinajstić information content (AvgIpc) is 3.31. The predicted molar refractivity (Wildman–Crippen MR) is 127 cm³/mol. The van der Waals surface area contributed by atoms with Gasteiger partial charge in [-0.3, -0.25) is 4.99 Å². The highest BCUT2D eigenvalue weighted by molar-refractivity contribution is 14.0. The number of aromatic nitrogens is 3. The van der Waals surface area contributed by atoms with E-state index in [1.807, 2.05) is 23.9 Å². The number of rotatable bonds is 6. The van der Waals surface area contributed by atoms with E-state index in [0.29, 0.717) is 0 Å². The van der Waals surface area contributed by atoms with Crippen molar-refractivity contribution in [3.8, 4) is 5.69 Å². The summed E-state index contributed by atoms with van der Waals surface area (Å²) >= 11 is 1.77. The van der Waals surface area contributed by atoms with Gasteiger partial charge in [-0.1, -0.05) is 12.1 Å². The van der Waals surface area contributed by atoms with Gasteiger partial charge in [-0.05, 0) is 44.5 Å². The zero-order chi connectivity index (χ0) is 19.2. The summed E-state index contributed by atoms with van der Waals surface area (Å²) in [7, 11) is 1.80. The fourth-order valence-corrected chi connectivity index (χ4v) is 3.88. The summed E-state index contributed by atoms with van der Waals surface area (Å²) in [5.74, 6) is 0.797. The van der Waals surface area contributed by atoms with Crippen molar-refractivity contribution in [1.29, 1.82) is 0 Å². The van der Waals surface area contributed by atoms with E-state index in [9.17, 15) is 0 Å². The number of nitrogens with one attached hydrogen (secondary N) is 2. The molecule has 6 nitrogen and oxygen atoms in total. The van der Waals surface area contributed by atoms with Crippen LogP contribution >= 0.6 is 35.3 Å². The zero-order valence-electron chi connectivity index (χ0n) is 16.6. The Labute approximate surface area is 187 Å². The number of halogens is 1. The third-order valence-corrected chi connectivity index (χ3v) is 5.49. The molecule has 0 bridgehead atoms. The van der Waals surface area contributed by atoms with Gasteiger partial charge < -0.3 is 10.6 Å². The largest absolute Gasteiger partial charge is 0.356 e. The number of aryl methyl sites for hydroxylation is 2. The summed E-state index contributed by atoms with van der Waals surface area (Å²) in [6.07, 6.45) is 4.68. The lowest BCUT2D eigenvalue weighted by atomic mass is 10.1. The Bertz CT molecular complexity index is 903. The third-order valence-electron chi connectivity index (χ3n) is 4.36. The van der Waals surface area contributed by atoms with Crippen molar-refractivity contribution < 1.29 is 0 Å². The molecule has 150 valence electrons. The molecular formula is C20H27IN6S. The second-order valence-electron chi connectivity index (χ2n) is 6.40. The average molecular weight is 510 g/mol. The topological polar surface area (TPSA) is 67.1 Å². The van der Waals surface area contributed by atoms with Crippen LogP contribution in [0, 0.1) is 13.8 Å². The number of hydrogen-bond donors (Lipinski definition) is 2. The summed E-state index contributed by atoms with van der Waals surface area (Å²) < 4.78 is 1.86. The van der Waals surface area contributed by atoms with Gasteiger partial charge in [-0.25, -0.2) is 9.67 Å². The van der Waals surface area contributed by atoms with Gasteiger partial charge in [0.05, 0.1) is 22.4 Å². The van der Waals surface area contributed by atoms with E-state index in [-0.39, 0.29) is 30.0 Å². The first-order valence-electron chi connectivity index (χ1n) is 9.07. The monoisotopic (exact) mass is 510 g/mol. The van der Waals surface area contributed by atoms with Gasteiger partial charge in [0.25, 0.3) is 0 Å². The molecule has 3 rings (SSSR count). The molecule has 0 fully saturated rings. The Hall–Kier alpha value is -1.94. The van der Waals surface area contributed by atoms with Crippen LogP contribution in [-0.4, -0.2) is 34.3 Å². The third kappa shape index (κ3) is 5.78. The van der Waals surface area contributed by atoms with Crippen LogP contribution in [0.5, 0.6) is 0 Å². The fraction of sp³-hybridized carbons (Fsp3) is 0.350. The standard InChI is InChI=1S/C20H26N6S.HI/c1-14(17-7-5-8-18(13-17)26-12-6-10-23-26)25-20(21-4)22-11-9-19-15(2)24-16(3)27-19;/h5-8,10,12-14H,9,11H2,1-4H3,(H2,21,22,25);1H. The number of thiazole rings is 1. The molecule has 28 heavy (non-hydrogen) atoms. The van der Waals surface area contributed by atoms with Crippen LogP contribution in [-0.2, 0) is 6.42 Å². The summed E-state index contributed by atoms with van der Waals surface area (Å²) in [6, 6.07) is 10.4. The van der Waals surface area contributed by atoms with Crippen LogP contribution in [0.2, 0.25) is 0 Å².